The summed E-state index contributed by atoms with van der Waals surface area (Å²) in [6, 6.07) is 13.5. The van der Waals surface area contributed by atoms with Crippen molar-refractivity contribution in [2.45, 2.75) is 26.7 Å². The van der Waals surface area contributed by atoms with Crippen LogP contribution in [-0.2, 0) is 9.59 Å². The lowest BCUT2D eigenvalue weighted by Crippen LogP contribution is -2.30. The van der Waals surface area contributed by atoms with Gasteiger partial charge in [-0.05, 0) is 62.1 Å². The molecule has 0 saturated carbocycles. The van der Waals surface area contributed by atoms with Crippen LogP contribution in [0.1, 0.15) is 26.7 Å². The van der Waals surface area contributed by atoms with Crippen molar-refractivity contribution < 1.29 is 14.5 Å². The maximum atomic E-state index is 12.9. The number of allylic oxidation sites excluding steroid dienone is 2. The first-order valence-electron chi connectivity index (χ1n) is 9.24. The van der Waals surface area contributed by atoms with Crippen LogP contribution in [0.25, 0.3) is 11.1 Å². The number of hydrogen-bond acceptors (Lipinski definition) is 4. The van der Waals surface area contributed by atoms with E-state index < -0.39 is 4.92 Å². The van der Waals surface area contributed by atoms with E-state index in [-0.39, 0.29) is 29.3 Å². The van der Waals surface area contributed by atoms with Crippen molar-refractivity contribution in [2.24, 2.45) is 11.8 Å². The van der Waals surface area contributed by atoms with Crippen LogP contribution in [0.5, 0.6) is 0 Å². The lowest BCUT2D eigenvalue weighted by molar-refractivity contribution is -0.384. The van der Waals surface area contributed by atoms with Gasteiger partial charge in [0.25, 0.3) is 5.69 Å². The number of carbonyl (C=O) groups is 2. The number of nitrogens with zero attached hydrogens (tertiary/aromatic N) is 2. The van der Waals surface area contributed by atoms with Crippen molar-refractivity contribution in [1.82, 2.24) is 0 Å². The highest BCUT2D eigenvalue weighted by Crippen LogP contribution is 2.42. The summed E-state index contributed by atoms with van der Waals surface area (Å²) in [6.45, 7) is 4.07. The van der Waals surface area contributed by atoms with Gasteiger partial charge in [0, 0.05) is 12.1 Å². The molecule has 0 spiro atoms. The Morgan fingerprint density at radius 3 is 1.68 bits per heavy atom. The number of anilines is 1. The van der Waals surface area contributed by atoms with Gasteiger partial charge in [-0.2, -0.15) is 0 Å². The van der Waals surface area contributed by atoms with Crippen molar-refractivity contribution in [3.8, 4) is 11.1 Å². The molecule has 1 saturated heterocycles. The fraction of sp³-hybridized carbons (Fsp3) is 0.273. The van der Waals surface area contributed by atoms with Crippen LogP contribution in [0, 0.1) is 22.0 Å². The molecular formula is C22H20N2O4. The number of nitro groups is 1. The standard InChI is InChI=1S/C22H20N2O4/c1-13-11-19-20(12-14(13)2)22(26)23(21(19)25)17-7-3-15(4-8-17)16-5-9-18(10-6-16)24(27)28/h3-10,19-20H,11-12H2,1-2H3/t19-,20-/m0/s1. The van der Waals surface area contributed by atoms with E-state index in [1.54, 1.807) is 24.3 Å². The summed E-state index contributed by atoms with van der Waals surface area (Å²) in [6.07, 6.45) is 1.30. The Labute approximate surface area is 162 Å². The van der Waals surface area contributed by atoms with Gasteiger partial charge in [0.05, 0.1) is 22.4 Å². The minimum Gasteiger partial charge on any atom is -0.274 e. The topological polar surface area (TPSA) is 80.5 Å². The van der Waals surface area contributed by atoms with Crippen LogP contribution in [0.2, 0.25) is 0 Å². The lowest BCUT2D eigenvalue weighted by atomic mass is 9.78. The van der Waals surface area contributed by atoms with Gasteiger partial charge in [-0.25, -0.2) is 0 Å². The first kappa shape index (κ1) is 18.1. The number of imide groups is 1. The molecule has 0 unspecified atom stereocenters. The smallest absolute Gasteiger partial charge is 0.269 e. The van der Waals surface area contributed by atoms with Crippen LogP contribution in [0.4, 0.5) is 11.4 Å². The molecule has 2 aromatic carbocycles. The van der Waals surface area contributed by atoms with E-state index in [4.69, 9.17) is 0 Å². The number of nitro benzene ring substituents is 1. The largest absolute Gasteiger partial charge is 0.274 e. The zero-order valence-electron chi connectivity index (χ0n) is 15.7. The average molecular weight is 376 g/mol. The Bertz CT molecular complexity index is 974. The van der Waals surface area contributed by atoms with Crippen molar-refractivity contribution in [3.63, 3.8) is 0 Å². The third kappa shape index (κ3) is 2.91. The zero-order chi connectivity index (χ0) is 20.0. The highest BCUT2D eigenvalue weighted by molar-refractivity contribution is 6.22. The fourth-order valence-electron chi connectivity index (χ4n) is 4.08. The van der Waals surface area contributed by atoms with Crippen molar-refractivity contribution in [2.75, 3.05) is 4.90 Å². The second kappa shape index (κ2) is 6.71. The molecule has 6 heteroatoms. The molecular weight excluding hydrogens is 356 g/mol. The maximum absolute atomic E-state index is 12.9. The first-order valence-corrected chi connectivity index (χ1v) is 9.24. The monoisotopic (exact) mass is 376 g/mol. The highest BCUT2D eigenvalue weighted by Gasteiger charge is 2.49. The molecule has 28 heavy (non-hydrogen) atoms. The number of rotatable bonds is 3. The Morgan fingerprint density at radius 1 is 0.821 bits per heavy atom. The first-order chi connectivity index (χ1) is 13.4. The molecule has 2 aromatic rings. The molecule has 0 radical (unpaired) electrons. The summed E-state index contributed by atoms with van der Waals surface area (Å²) in [4.78, 5) is 37.4. The summed E-state index contributed by atoms with van der Waals surface area (Å²) >= 11 is 0. The van der Waals surface area contributed by atoms with E-state index in [9.17, 15) is 19.7 Å². The van der Waals surface area contributed by atoms with Gasteiger partial charge in [-0.15, -0.1) is 0 Å². The van der Waals surface area contributed by atoms with E-state index in [1.165, 1.54) is 28.2 Å². The summed E-state index contributed by atoms with van der Waals surface area (Å²) < 4.78 is 0. The third-order valence-corrected chi connectivity index (χ3v) is 5.88. The number of benzene rings is 2. The molecule has 1 aliphatic carbocycles. The quantitative estimate of drug-likeness (QED) is 0.342. The number of amides is 2. The Kier molecular flexibility index (Phi) is 4.34. The van der Waals surface area contributed by atoms with E-state index >= 15 is 0 Å². The molecule has 4 rings (SSSR count). The van der Waals surface area contributed by atoms with Crippen molar-refractivity contribution >= 4 is 23.2 Å². The van der Waals surface area contributed by atoms with Crippen LogP contribution in [-0.4, -0.2) is 16.7 Å². The molecule has 2 atom stereocenters. The molecule has 142 valence electrons. The number of non-ortho nitro benzene ring substituents is 1. The molecule has 0 aromatic heterocycles. The van der Waals surface area contributed by atoms with Gasteiger partial charge < -0.3 is 0 Å². The van der Waals surface area contributed by atoms with Gasteiger partial charge in [-0.1, -0.05) is 23.3 Å². The molecule has 2 amide bonds. The summed E-state index contributed by atoms with van der Waals surface area (Å²) in [5.41, 5.74) is 4.72. The minimum absolute atomic E-state index is 0.0374. The molecule has 0 N–H and O–H groups in total. The molecule has 1 fully saturated rings. The second-order valence-electron chi connectivity index (χ2n) is 7.54. The Balaban J connectivity index is 1.58. The predicted molar refractivity (Wildman–Crippen MR) is 106 cm³/mol. The van der Waals surface area contributed by atoms with Gasteiger partial charge in [-0.3, -0.25) is 24.6 Å². The minimum atomic E-state index is -0.435. The van der Waals surface area contributed by atoms with Gasteiger partial charge in [0.15, 0.2) is 0 Å². The maximum Gasteiger partial charge on any atom is 0.269 e. The molecule has 1 heterocycles. The molecule has 2 aliphatic rings. The molecule has 6 nitrogen and oxygen atoms in total. The number of hydrogen-bond donors (Lipinski definition) is 0. The van der Waals surface area contributed by atoms with Crippen LogP contribution < -0.4 is 4.90 Å². The van der Waals surface area contributed by atoms with E-state index in [1.807, 2.05) is 26.0 Å². The van der Waals surface area contributed by atoms with Gasteiger partial charge >= 0.3 is 0 Å². The summed E-state index contributed by atoms with van der Waals surface area (Å²) in [5.74, 6) is -0.758. The summed E-state index contributed by atoms with van der Waals surface area (Å²) in [7, 11) is 0. The van der Waals surface area contributed by atoms with Crippen LogP contribution >= 0.6 is 0 Å². The molecule has 1 aliphatic heterocycles. The number of carbonyl (C=O) groups excluding carboxylic acids is 2. The predicted octanol–water partition coefficient (Wildman–Crippen LogP) is 4.50. The van der Waals surface area contributed by atoms with E-state index in [0.29, 0.717) is 18.5 Å². The van der Waals surface area contributed by atoms with Gasteiger partial charge in [0.2, 0.25) is 11.8 Å². The highest BCUT2D eigenvalue weighted by atomic mass is 16.6. The SMILES string of the molecule is CC1=C(C)C[C@@H]2C(=O)N(c3ccc(-c4ccc([N+](=O)[O-])cc4)cc3)C(=O)[C@H]2C1. The Hall–Kier alpha value is -3.28. The van der Waals surface area contributed by atoms with Crippen LogP contribution in [0.15, 0.2) is 59.7 Å². The second-order valence-corrected chi connectivity index (χ2v) is 7.54. The van der Waals surface area contributed by atoms with Crippen LogP contribution in [0.3, 0.4) is 0 Å². The molecule has 0 bridgehead atoms. The van der Waals surface area contributed by atoms with E-state index in [2.05, 4.69) is 0 Å². The average Bonchev–Trinajstić information content (AvgIpc) is 2.92. The summed E-state index contributed by atoms with van der Waals surface area (Å²) in [5, 5.41) is 10.8. The van der Waals surface area contributed by atoms with E-state index in [0.717, 1.165) is 11.1 Å². The third-order valence-electron chi connectivity index (χ3n) is 5.88. The zero-order valence-corrected chi connectivity index (χ0v) is 15.7. The van der Waals surface area contributed by atoms with Gasteiger partial charge in [0.1, 0.15) is 0 Å². The van der Waals surface area contributed by atoms with Crippen molar-refractivity contribution in [3.05, 3.63) is 69.8 Å². The Morgan fingerprint density at radius 2 is 1.25 bits per heavy atom. The number of fused-ring (bicyclic) bond motifs is 1. The van der Waals surface area contributed by atoms with Crippen molar-refractivity contribution in [1.29, 1.82) is 0 Å². The normalized spacial score (nSPS) is 21.9. The lowest BCUT2D eigenvalue weighted by Gasteiger charge is -2.23. The fourth-order valence-corrected chi connectivity index (χ4v) is 4.08.